The van der Waals surface area contributed by atoms with Crippen LogP contribution >= 0.6 is 24.0 Å². The molecular formula is C24H17NO4S2. The molecule has 0 radical (unpaired) electrons. The van der Waals surface area contributed by atoms with Gasteiger partial charge in [0.05, 0.1) is 16.2 Å². The van der Waals surface area contributed by atoms with Gasteiger partial charge in [0, 0.05) is 0 Å². The molecule has 1 fully saturated rings. The van der Waals surface area contributed by atoms with Crippen molar-refractivity contribution in [2.24, 2.45) is 0 Å². The summed E-state index contributed by atoms with van der Waals surface area (Å²) in [5.41, 5.74) is 2.59. The number of ether oxygens (including phenoxy) is 1. The van der Waals surface area contributed by atoms with Gasteiger partial charge in [-0.1, -0.05) is 66.4 Å². The summed E-state index contributed by atoms with van der Waals surface area (Å²) in [6.07, 6.45) is 1.78. The van der Waals surface area contributed by atoms with Crippen LogP contribution in [0.15, 0.2) is 83.8 Å². The van der Waals surface area contributed by atoms with Crippen LogP contribution in [-0.4, -0.2) is 21.3 Å². The zero-order chi connectivity index (χ0) is 21.8. The molecule has 1 saturated heterocycles. The number of amides is 1. The monoisotopic (exact) mass is 447 g/mol. The van der Waals surface area contributed by atoms with Crippen molar-refractivity contribution < 1.29 is 19.4 Å². The highest BCUT2D eigenvalue weighted by molar-refractivity contribution is 8.27. The molecule has 0 saturated carbocycles. The van der Waals surface area contributed by atoms with Crippen LogP contribution in [0.4, 0.5) is 5.69 Å². The van der Waals surface area contributed by atoms with Crippen molar-refractivity contribution in [2.75, 3.05) is 4.90 Å². The van der Waals surface area contributed by atoms with Crippen LogP contribution in [-0.2, 0) is 11.4 Å². The number of benzene rings is 3. The van der Waals surface area contributed by atoms with Gasteiger partial charge in [-0.2, -0.15) is 0 Å². The van der Waals surface area contributed by atoms with Crippen molar-refractivity contribution in [1.29, 1.82) is 0 Å². The van der Waals surface area contributed by atoms with Gasteiger partial charge < -0.3 is 9.84 Å². The van der Waals surface area contributed by atoms with E-state index in [0.29, 0.717) is 27.3 Å². The molecule has 3 aromatic rings. The van der Waals surface area contributed by atoms with Crippen molar-refractivity contribution in [1.82, 2.24) is 0 Å². The Morgan fingerprint density at radius 2 is 1.77 bits per heavy atom. The van der Waals surface area contributed by atoms with Gasteiger partial charge >= 0.3 is 5.97 Å². The second-order valence-electron chi connectivity index (χ2n) is 6.72. The van der Waals surface area contributed by atoms with Crippen LogP contribution in [0.5, 0.6) is 5.75 Å². The number of carboxylic acids is 1. The quantitative estimate of drug-likeness (QED) is 0.405. The number of carboxylic acid groups (broad SMARTS) is 1. The predicted octanol–water partition coefficient (Wildman–Crippen LogP) is 5.37. The molecule has 3 aromatic carbocycles. The minimum atomic E-state index is -1.02. The third-order valence-corrected chi connectivity index (χ3v) is 5.87. The number of carbonyl (C=O) groups is 2. The molecule has 1 heterocycles. The number of anilines is 1. The minimum Gasteiger partial charge on any atom is -0.489 e. The lowest BCUT2D eigenvalue weighted by atomic mass is 10.2. The largest absolute Gasteiger partial charge is 0.489 e. The van der Waals surface area contributed by atoms with E-state index in [2.05, 4.69) is 0 Å². The Balaban J connectivity index is 1.50. The molecule has 5 nitrogen and oxygen atoms in total. The van der Waals surface area contributed by atoms with Crippen LogP contribution < -0.4 is 9.64 Å². The van der Waals surface area contributed by atoms with Crippen LogP contribution in [0, 0.1) is 0 Å². The first-order valence-corrected chi connectivity index (χ1v) is 10.6. The molecule has 0 spiro atoms. The highest BCUT2D eigenvalue weighted by Gasteiger charge is 2.33. The van der Waals surface area contributed by atoms with Gasteiger partial charge in [-0.05, 0) is 53.6 Å². The Morgan fingerprint density at radius 1 is 1.03 bits per heavy atom. The summed E-state index contributed by atoms with van der Waals surface area (Å²) in [5.74, 6) is -0.558. The summed E-state index contributed by atoms with van der Waals surface area (Å²) in [5, 5.41) is 9.05. The predicted molar refractivity (Wildman–Crippen MR) is 126 cm³/mol. The Bertz CT molecular complexity index is 1170. The maximum Gasteiger partial charge on any atom is 0.335 e. The van der Waals surface area contributed by atoms with Crippen LogP contribution in [0.2, 0.25) is 0 Å². The first-order valence-electron chi connectivity index (χ1n) is 9.39. The SMILES string of the molecule is O=C(O)c1ccc(N2C(=O)/C(=C/c3cccc(OCc4ccccc4)c3)SC2=S)cc1. The number of rotatable bonds is 6. The van der Waals surface area contributed by atoms with E-state index in [1.165, 1.54) is 28.8 Å². The van der Waals surface area contributed by atoms with E-state index in [-0.39, 0.29) is 11.5 Å². The van der Waals surface area contributed by atoms with Crippen molar-refractivity contribution in [2.45, 2.75) is 6.61 Å². The number of hydrogen-bond donors (Lipinski definition) is 1. The standard InChI is InChI=1S/C24H17NO4S2/c26-22-21(31-24(30)25(22)19-11-9-18(10-12-19)23(27)28)14-17-7-4-8-20(13-17)29-15-16-5-2-1-3-6-16/h1-14H,15H2,(H,27,28)/b21-14-. The summed E-state index contributed by atoms with van der Waals surface area (Å²) in [7, 11) is 0. The van der Waals surface area contributed by atoms with Crippen LogP contribution in [0.1, 0.15) is 21.5 Å². The second kappa shape index (κ2) is 9.16. The molecular weight excluding hydrogens is 430 g/mol. The van der Waals surface area contributed by atoms with E-state index in [4.69, 9.17) is 22.1 Å². The summed E-state index contributed by atoms with van der Waals surface area (Å²) in [6.45, 7) is 0.457. The van der Waals surface area contributed by atoms with E-state index in [0.717, 1.165) is 11.1 Å². The summed E-state index contributed by atoms with van der Waals surface area (Å²) in [6, 6.07) is 23.5. The number of carbonyl (C=O) groups excluding carboxylic acids is 1. The van der Waals surface area contributed by atoms with Gasteiger partial charge in [0.15, 0.2) is 4.32 Å². The third-order valence-electron chi connectivity index (χ3n) is 4.57. The fourth-order valence-electron chi connectivity index (χ4n) is 3.03. The van der Waals surface area contributed by atoms with Crippen LogP contribution in [0.25, 0.3) is 6.08 Å². The molecule has 1 amide bonds. The fraction of sp³-hybridized carbons (Fsp3) is 0.0417. The molecule has 0 aliphatic carbocycles. The Kier molecular flexibility index (Phi) is 6.16. The molecule has 1 aliphatic rings. The average molecular weight is 448 g/mol. The third kappa shape index (κ3) is 4.84. The highest BCUT2D eigenvalue weighted by Crippen LogP contribution is 2.36. The van der Waals surface area contributed by atoms with Gasteiger partial charge in [0.2, 0.25) is 0 Å². The normalized spacial score (nSPS) is 14.8. The Morgan fingerprint density at radius 3 is 2.48 bits per heavy atom. The van der Waals surface area contributed by atoms with E-state index in [1.54, 1.807) is 18.2 Å². The molecule has 154 valence electrons. The number of thiocarbonyl (C=S) groups is 1. The maximum absolute atomic E-state index is 12.9. The summed E-state index contributed by atoms with van der Waals surface area (Å²) >= 11 is 6.59. The van der Waals surface area contributed by atoms with Crippen molar-refractivity contribution >= 4 is 51.9 Å². The number of hydrogen-bond acceptors (Lipinski definition) is 5. The second-order valence-corrected chi connectivity index (χ2v) is 8.39. The fourth-order valence-corrected chi connectivity index (χ4v) is 4.33. The van der Waals surface area contributed by atoms with E-state index < -0.39 is 5.97 Å². The molecule has 1 aliphatic heterocycles. The molecule has 4 rings (SSSR count). The zero-order valence-corrected chi connectivity index (χ0v) is 17.9. The molecule has 0 unspecified atom stereocenters. The van der Waals surface area contributed by atoms with Gasteiger partial charge in [-0.15, -0.1) is 0 Å². The summed E-state index contributed by atoms with van der Waals surface area (Å²) < 4.78 is 6.26. The van der Waals surface area contributed by atoms with Gasteiger partial charge in [0.25, 0.3) is 5.91 Å². The topological polar surface area (TPSA) is 66.8 Å². The molecule has 7 heteroatoms. The van der Waals surface area contributed by atoms with E-state index >= 15 is 0 Å². The number of thioether (sulfide) groups is 1. The molecule has 0 aromatic heterocycles. The van der Waals surface area contributed by atoms with E-state index in [9.17, 15) is 9.59 Å². The highest BCUT2D eigenvalue weighted by atomic mass is 32.2. The molecule has 0 atom stereocenters. The van der Waals surface area contributed by atoms with Gasteiger partial charge in [-0.3, -0.25) is 9.69 Å². The van der Waals surface area contributed by atoms with Crippen LogP contribution in [0.3, 0.4) is 0 Å². The van der Waals surface area contributed by atoms with Gasteiger partial charge in [0.1, 0.15) is 12.4 Å². The first kappa shape index (κ1) is 20.8. The average Bonchev–Trinajstić information content (AvgIpc) is 3.06. The van der Waals surface area contributed by atoms with Gasteiger partial charge in [-0.25, -0.2) is 4.79 Å². The zero-order valence-electron chi connectivity index (χ0n) is 16.2. The van der Waals surface area contributed by atoms with Crippen molar-refractivity contribution in [3.05, 3.63) is 100 Å². The van der Waals surface area contributed by atoms with Crippen molar-refractivity contribution in [3.63, 3.8) is 0 Å². The first-order chi connectivity index (χ1) is 15.0. The number of nitrogens with zero attached hydrogens (tertiary/aromatic N) is 1. The Labute approximate surface area is 189 Å². The minimum absolute atomic E-state index is 0.150. The molecule has 31 heavy (non-hydrogen) atoms. The summed E-state index contributed by atoms with van der Waals surface area (Å²) in [4.78, 5) is 25.9. The van der Waals surface area contributed by atoms with E-state index in [1.807, 2.05) is 54.6 Å². The van der Waals surface area contributed by atoms with Crippen molar-refractivity contribution in [3.8, 4) is 5.75 Å². The lowest BCUT2D eigenvalue weighted by molar-refractivity contribution is -0.113. The Hall–Kier alpha value is -3.42. The lowest BCUT2D eigenvalue weighted by Crippen LogP contribution is -2.27. The lowest BCUT2D eigenvalue weighted by Gasteiger charge is -2.14. The smallest absolute Gasteiger partial charge is 0.335 e. The maximum atomic E-state index is 12.9. The molecule has 1 N–H and O–H groups in total. The molecule has 0 bridgehead atoms. The number of aromatic carboxylic acids is 1.